The van der Waals surface area contributed by atoms with Gasteiger partial charge in [-0.2, -0.15) is 0 Å². The van der Waals surface area contributed by atoms with Crippen molar-refractivity contribution in [2.75, 3.05) is 6.61 Å². The first-order valence-corrected chi connectivity index (χ1v) is 6.71. The van der Waals surface area contributed by atoms with Crippen LogP contribution in [-0.4, -0.2) is 23.2 Å². The standard InChI is InChI=1S/C16H19NO2/c1-2-16(10-4-11-16)17-15(19)14-8-6-13(7-9-14)5-3-12-18/h6-9,18H,2,4,10-12H2,1H3,(H,17,19). The van der Waals surface area contributed by atoms with E-state index in [1.807, 2.05) is 0 Å². The van der Waals surface area contributed by atoms with E-state index < -0.39 is 0 Å². The molecule has 0 aromatic heterocycles. The van der Waals surface area contributed by atoms with Gasteiger partial charge in [-0.25, -0.2) is 0 Å². The summed E-state index contributed by atoms with van der Waals surface area (Å²) in [6.07, 6.45) is 4.34. The number of hydrogen-bond donors (Lipinski definition) is 2. The zero-order valence-electron chi connectivity index (χ0n) is 11.2. The molecule has 1 amide bonds. The zero-order valence-corrected chi connectivity index (χ0v) is 11.2. The van der Waals surface area contributed by atoms with Gasteiger partial charge in [0, 0.05) is 16.7 Å². The van der Waals surface area contributed by atoms with Gasteiger partial charge >= 0.3 is 0 Å². The Balaban J connectivity index is 2.03. The Kier molecular flexibility index (Phi) is 4.24. The number of carbonyl (C=O) groups is 1. The highest BCUT2D eigenvalue weighted by atomic mass is 16.2. The van der Waals surface area contributed by atoms with Crippen LogP contribution in [0.5, 0.6) is 0 Å². The van der Waals surface area contributed by atoms with Crippen molar-refractivity contribution in [2.45, 2.75) is 38.1 Å². The average Bonchev–Trinajstić information content (AvgIpc) is 2.41. The highest BCUT2D eigenvalue weighted by molar-refractivity contribution is 5.94. The van der Waals surface area contributed by atoms with Gasteiger partial charge in [-0.15, -0.1) is 0 Å². The lowest BCUT2D eigenvalue weighted by atomic mass is 9.74. The molecule has 3 heteroatoms. The number of aliphatic hydroxyl groups excluding tert-OH is 1. The summed E-state index contributed by atoms with van der Waals surface area (Å²) in [5, 5.41) is 11.8. The molecule has 0 unspecified atom stereocenters. The van der Waals surface area contributed by atoms with Gasteiger partial charge in [0.25, 0.3) is 5.91 Å². The number of aliphatic hydroxyl groups is 1. The van der Waals surface area contributed by atoms with Crippen molar-refractivity contribution in [1.29, 1.82) is 0 Å². The van der Waals surface area contributed by atoms with Crippen LogP contribution in [0.25, 0.3) is 0 Å². The van der Waals surface area contributed by atoms with Gasteiger partial charge in [0.05, 0.1) is 0 Å². The summed E-state index contributed by atoms with van der Waals surface area (Å²) in [5.74, 6) is 5.38. The molecule has 19 heavy (non-hydrogen) atoms. The average molecular weight is 257 g/mol. The smallest absolute Gasteiger partial charge is 0.251 e. The van der Waals surface area contributed by atoms with E-state index in [9.17, 15) is 4.79 Å². The predicted molar refractivity (Wildman–Crippen MR) is 74.7 cm³/mol. The largest absolute Gasteiger partial charge is 0.384 e. The van der Waals surface area contributed by atoms with Crippen LogP contribution >= 0.6 is 0 Å². The molecule has 1 aliphatic carbocycles. The lowest BCUT2D eigenvalue weighted by Gasteiger charge is -2.42. The van der Waals surface area contributed by atoms with E-state index in [0.29, 0.717) is 5.56 Å². The second-order valence-corrected chi connectivity index (χ2v) is 4.98. The maximum Gasteiger partial charge on any atom is 0.251 e. The molecular weight excluding hydrogens is 238 g/mol. The quantitative estimate of drug-likeness (QED) is 0.815. The molecule has 1 aliphatic rings. The van der Waals surface area contributed by atoms with Crippen LogP contribution < -0.4 is 5.32 Å². The molecule has 100 valence electrons. The predicted octanol–water partition coefficient (Wildman–Crippen LogP) is 2.09. The minimum absolute atomic E-state index is 0.0109. The van der Waals surface area contributed by atoms with Crippen LogP contribution in [0.1, 0.15) is 48.5 Å². The number of nitrogens with one attached hydrogen (secondary N) is 1. The molecule has 0 atom stereocenters. The summed E-state index contributed by atoms with van der Waals surface area (Å²) in [6, 6.07) is 7.16. The summed E-state index contributed by atoms with van der Waals surface area (Å²) in [4.78, 5) is 12.2. The summed E-state index contributed by atoms with van der Waals surface area (Å²) in [7, 11) is 0. The molecule has 3 nitrogen and oxygen atoms in total. The molecule has 0 saturated heterocycles. The molecule has 1 fully saturated rings. The van der Waals surface area contributed by atoms with Crippen molar-refractivity contribution < 1.29 is 9.90 Å². The minimum Gasteiger partial charge on any atom is -0.384 e. The maximum absolute atomic E-state index is 12.2. The third-order valence-electron chi connectivity index (χ3n) is 3.83. The van der Waals surface area contributed by atoms with Gasteiger partial charge in [-0.05, 0) is 49.9 Å². The van der Waals surface area contributed by atoms with Crippen LogP contribution in [0.2, 0.25) is 0 Å². The van der Waals surface area contributed by atoms with Crippen LogP contribution in [-0.2, 0) is 0 Å². The fraction of sp³-hybridized carbons (Fsp3) is 0.438. The first kappa shape index (κ1) is 13.6. The zero-order chi connectivity index (χ0) is 13.7. The van der Waals surface area contributed by atoms with Crippen molar-refractivity contribution in [3.63, 3.8) is 0 Å². The molecule has 2 N–H and O–H groups in total. The van der Waals surface area contributed by atoms with Gasteiger partial charge in [-0.3, -0.25) is 4.79 Å². The monoisotopic (exact) mass is 257 g/mol. The number of hydrogen-bond acceptors (Lipinski definition) is 2. The number of carbonyl (C=O) groups excluding carboxylic acids is 1. The molecule has 0 heterocycles. The molecule has 1 aromatic rings. The van der Waals surface area contributed by atoms with Gasteiger partial charge in [0.15, 0.2) is 0 Å². The van der Waals surface area contributed by atoms with E-state index in [2.05, 4.69) is 24.1 Å². The topological polar surface area (TPSA) is 49.3 Å². The van der Waals surface area contributed by atoms with Crippen LogP contribution in [0.15, 0.2) is 24.3 Å². The molecular formula is C16H19NO2. The molecule has 0 spiro atoms. The van der Waals surface area contributed by atoms with Crippen LogP contribution in [0, 0.1) is 11.8 Å². The third kappa shape index (κ3) is 3.15. The summed E-state index contributed by atoms with van der Waals surface area (Å²) in [5.41, 5.74) is 1.49. The number of rotatable bonds is 3. The fourth-order valence-corrected chi connectivity index (χ4v) is 2.33. The fourth-order valence-electron chi connectivity index (χ4n) is 2.33. The summed E-state index contributed by atoms with van der Waals surface area (Å²) >= 11 is 0. The van der Waals surface area contributed by atoms with Crippen LogP contribution in [0.3, 0.4) is 0 Å². The maximum atomic E-state index is 12.2. The normalized spacial score (nSPS) is 15.9. The molecule has 0 bridgehead atoms. The Morgan fingerprint density at radius 1 is 1.37 bits per heavy atom. The summed E-state index contributed by atoms with van der Waals surface area (Å²) < 4.78 is 0. The summed E-state index contributed by atoms with van der Waals surface area (Å²) in [6.45, 7) is 1.97. The van der Waals surface area contributed by atoms with Gasteiger partial charge in [-0.1, -0.05) is 18.8 Å². The van der Waals surface area contributed by atoms with E-state index in [1.165, 1.54) is 6.42 Å². The molecule has 0 aliphatic heterocycles. The van der Waals surface area contributed by atoms with Crippen molar-refractivity contribution in [1.82, 2.24) is 5.32 Å². The highest BCUT2D eigenvalue weighted by Gasteiger charge is 2.36. The number of amides is 1. The lowest BCUT2D eigenvalue weighted by Crippen LogP contribution is -2.52. The lowest BCUT2D eigenvalue weighted by molar-refractivity contribution is 0.0820. The van der Waals surface area contributed by atoms with Gasteiger partial charge in [0.2, 0.25) is 0 Å². The van der Waals surface area contributed by atoms with Crippen molar-refractivity contribution in [2.24, 2.45) is 0 Å². The second kappa shape index (κ2) is 5.90. The SMILES string of the molecule is CCC1(NC(=O)c2ccc(C#CCO)cc2)CCC1. The highest BCUT2D eigenvalue weighted by Crippen LogP contribution is 2.34. The third-order valence-corrected chi connectivity index (χ3v) is 3.83. The van der Waals surface area contributed by atoms with Crippen LogP contribution in [0.4, 0.5) is 0 Å². The second-order valence-electron chi connectivity index (χ2n) is 4.98. The minimum atomic E-state index is -0.152. The Hall–Kier alpha value is -1.79. The van der Waals surface area contributed by atoms with E-state index in [0.717, 1.165) is 24.8 Å². The van der Waals surface area contributed by atoms with Crippen molar-refractivity contribution in [3.8, 4) is 11.8 Å². The molecule has 1 aromatic carbocycles. The van der Waals surface area contributed by atoms with Crippen molar-refractivity contribution in [3.05, 3.63) is 35.4 Å². The first-order valence-electron chi connectivity index (χ1n) is 6.71. The van der Waals surface area contributed by atoms with E-state index >= 15 is 0 Å². The first-order chi connectivity index (χ1) is 9.19. The van der Waals surface area contributed by atoms with E-state index in [1.54, 1.807) is 24.3 Å². The Labute approximate surface area is 114 Å². The van der Waals surface area contributed by atoms with Crippen molar-refractivity contribution >= 4 is 5.91 Å². The Morgan fingerprint density at radius 3 is 2.53 bits per heavy atom. The van der Waals surface area contributed by atoms with E-state index in [-0.39, 0.29) is 18.1 Å². The Bertz CT molecular complexity index is 498. The molecule has 1 saturated carbocycles. The number of benzene rings is 1. The molecule has 2 rings (SSSR count). The van der Waals surface area contributed by atoms with Gasteiger partial charge < -0.3 is 10.4 Å². The van der Waals surface area contributed by atoms with Gasteiger partial charge in [0.1, 0.15) is 6.61 Å². The molecule has 0 radical (unpaired) electrons. The Morgan fingerprint density at radius 2 is 2.05 bits per heavy atom. The van der Waals surface area contributed by atoms with E-state index in [4.69, 9.17) is 5.11 Å².